The molecule has 0 aliphatic rings. The molecule has 0 aliphatic heterocycles. The molecule has 0 amide bonds. The summed E-state index contributed by atoms with van der Waals surface area (Å²) < 4.78 is 0. The van der Waals surface area contributed by atoms with Crippen LogP contribution in [0.25, 0.3) is 11.0 Å². The van der Waals surface area contributed by atoms with Crippen molar-refractivity contribution in [3.63, 3.8) is 0 Å². The summed E-state index contributed by atoms with van der Waals surface area (Å²) in [5.74, 6) is 0. The summed E-state index contributed by atoms with van der Waals surface area (Å²) in [4.78, 5) is 7.02. The molecule has 0 aromatic carbocycles. The van der Waals surface area contributed by atoms with Crippen LogP contribution in [0.3, 0.4) is 0 Å². The van der Waals surface area contributed by atoms with E-state index >= 15 is 0 Å². The standard InChI is InChI=1S/C9H7N3/c1-6-2-3-11-9-8(6)4-7(5-10)12-9/h2-4H,1H3,(H,11,12). The van der Waals surface area contributed by atoms with E-state index in [-0.39, 0.29) is 0 Å². The van der Waals surface area contributed by atoms with Crippen molar-refractivity contribution in [3.8, 4) is 6.07 Å². The molecule has 0 atom stereocenters. The van der Waals surface area contributed by atoms with Gasteiger partial charge in [0.1, 0.15) is 17.4 Å². The predicted molar refractivity (Wildman–Crippen MR) is 45.5 cm³/mol. The molecule has 0 radical (unpaired) electrons. The van der Waals surface area contributed by atoms with Gasteiger partial charge < -0.3 is 4.98 Å². The van der Waals surface area contributed by atoms with Crippen LogP contribution in [0.1, 0.15) is 11.3 Å². The van der Waals surface area contributed by atoms with Crippen molar-refractivity contribution in [2.75, 3.05) is 0 Å². The molecule has 2 heterocycles. The Labute approximate surface area is 69.7 Å². The highest BCUT2D eigenvalue weighted by Crippen LogP contribution is 2.15. The van der Waals surface area contributed by atoms with Gasteiger partial charge in [-0.05, 0) is 24.6 Å². The molecule has 2 aromatic heterocycles. The highest BCUT2D eigenvalue weighted by atomic mass is 14.8. The number of aromatic amines is 1. The number of nitrogens with zero attached hydrogens (tertiary/aromatic N) is 2. The van der Waals surface area contributed by atoms with E-state index in [1.807, 2.05) is 25.1 Å². The molecule has 0 aliphatic carbocycles. The van der Waals surface area contributed by atoms with E-state index in [2.05, 4.69) is 9.97 Å². The molecule has 3 nitrogen and oxygen atoms in total. The van der Waals surface area contributed by atoms with Gasteiger partial charge in [-0.1, -0.05) is 0 Å². The van der Waals surface area contributed by atoms with Crippen LogP contribution in [0.15, 0.2) is 18.3 Å². The van der Waals surface area contributed by atoms with E-state index in [1.54, 1.807) is 6.20 Å². The Morgan fingerprint density at radius 1 is 1.58 bits per heavy atom. The molecule has 0 saturated heterocycles. The van der Waals surface area contributed by atoms with Crippen LogP contribution in [0.2, 0.25) is 0 Å². The molecule has 58 valence electrons. The molecule has 0 spiro atoms. The lowest BCUT2D eigenvalue weighted by Crippen LogP contribution is -1.77. The Balaban J connectivity index is 2.85. The molecule has 0 bridgehead atoms. The quantitative estimate of drug-likeness (QED) is 0.633. The van der Waals surface area contributed by atoms with Crippen molar-refractivity contribution < 1.29 is 0 Å². The second-order valence-electron chi connectivity index (χ2n) is 2.68. The van der Waals surface area contributed by atoms with Crippen molar-refractivity contribution in [1.82, 2.24) is 9.97 Å². The zero-order valence-corrected chi connectivity index (χ0v) is 6.63. The van der Waals surface area contributed by atoms with E-state index in [4.69, 9.17) is 5.26 Å². The fourth-order valence-electron chi connectivity index (χ4n) is 1.22. The number of hydrogen-bond donors (Lipinski definition) is 1. The smallest absolute Gasteiger partial charge is 0.138 e. The second-order valence-corrected chi connectivity index (χ2v) is 2.68. The third kappa shape index (κ3) is 0.857. The summed E-state index contributed by atoms with van der Waals surface area (Å²) in [6.07, 6.45) is 1.73. The zero-order chi connectivity index (χ0) is 8.55. The highest BCUT2D eigenvalue weighted by Gasteiger charge is 2.01. The van der Waals surface area contributed by atoms with Crippen LogP contribution in [-0.4, -0.2) is 9.97 Å². The van der Waals surface area contributed by atoms with Crippen molar-refractivity contribution in [2.45, 2.75) is 6.92 Å². The maximum Gasteiger partial charge on any atom is 0.138 e. The Kier molecular flexibility index (Phi) is 1.34. The summed E-state index contributed by atoms with van der Waals surface area (Å²) in [6, 6.07) is 5.79. The van der Waals surface area contributed by atoms with Gasteiger partial charge in [-0.3, -0.25) is 0 Å². The van der Waals surface area contributed by atoms with Gasteiger partial charge in [0.2, 0.25) is 0 Å². The number of hydrogen-bond acceptors (Lipinski definition) is 2. The van der Waals surface area contributed by atoms with Gasteiger partial charge in [0.05, 0.1) is 0 Å². The van der Waals surface area contributed by atoms with Crippen LogP contribution >= 0.6 is 0 Å². The first-order valence-electron chi connectivity index (χ1n) is 3.65. The van der Waals surface area contributed by atoms with E-state index < -0.39 is 0 Å². The van der Waals surface area contributed by atoms with Crippen LogP contribution in [0.4, 0.5) is 0 Å². The van der Waals surface area contributed by atoms with Gasteiger partial charge in [-0.2, -0.15) is 5.26 Å². The number of pyridine rings is 1. The largest absolute Gasteiger partial charge is 0.331 e. The normalized spacial score (nSPS) is 10.0. The van der Waals surface area contributed by atoms with Crippen molar-refractivity contribution >= 4 is 11.0 Å². The van der Waals surface area contributed by atoms with Gasteiger partial charge in [-0.15, -0.1) is 0 Å². The Morgan fingerprint density at radius 3 is 3.08 bits per heavy atom. The van der Waals surface area contributed by atoms with Gasteiger partial charge in [0.25, 0.3) is 0 Å². The fraction of sp³-hybridized carbons (Fsp3) is 0.111. The van der Waals surface area contributed by atoms with Gasteiger partial charge >= 0.3 is 0 Å². The fourth-order valence-corrected chi connectivity index (χ4v) is 1.22. The van der Waals surface area contributed by atoms with Gasteiger partial charge in [-0.25, -0.2) is 4.98 Å². The van der Waals surface area contributed by atoms with E-state index in [1.165, 1.54) is 0 Å². The van der Waals surface area contributed by atoms with Gasteiger partial charge in [0.15, 0.2) is 0 Å². The maximum absolute atomic E-state index is 8.62. The summed E-state index contributed by atoms with van der Waals surface area (Å²) >= 11 is 0. The molecular formula is C9H7N3. The van der Waals surface area contributed by atoms with E-state index in [0.717, 1.165) is 16.6 Å². The minimum absolute atomic E-state index is 0.562. The van der Waals surface area contributed by atoms with Crippen LogP contribution in [-0.2, 0) is 0 Å². The minimum atomic E-state index is 0.562. The van der Waals surface area contributed by atoms with Crippen LogP contribution in [0.5, 0.6) is 0 Å². The third-order valence-corrected chi connectivity index (χ3v) is 1.87. The van der Waals surface area contributed by atoms with E-state index in [9.17, 15) is 0 Å². The number of aryl methyl sites for hydroxylation is 1. The number of aromatic nitrogens is 2. The summed E-state index contributed by atoms with van der Waals surface area (Å²) in [5.41, 5.74) is 2.48. The van der Waals surface area contributed by atoms with Crippen molar-refractivity contribution in [2.24, 2.45) is 0 Å². The molecule has 2 aromatic rings. The first-order valence-corrected chi connectivity index (χ1v) is 3.65. The molecule has 2 rings (SSSR count). The molecule has 0 fully saturated rings. The average Bonchev–Trinajstić information content (AvgIpc) is 2.49. The first-order chi connectivity index (χ1) is 5.81. The molecule has 1 N–H and O–H groups in total. The summed E-state index contributed by atoms with van der Waals surface area (Å²) in [5, 5.41) is 9.64. The van der Waals surface area contributed by atoms with Crippen LogP contribution in [0, 0.1) is 18.3 Å². The minimum Gasteiger partial charge on any atom is -0.331 e. The van der Waals surface area contributed by atoms with Gasteiger partial charge in [0, 0.05) is 11.6 Å². The number of H-pyrrole nitrogens is 1. The molecule has 0 unspecified atom stereocenters. The first kappa shape index (κ1) is 6.86. The monoisotopic (exact) mass is 157 g/mol. The maximum atomic E-state index is 8.62. The molecule has 12 heavy (non-hydrogen) atoms. The molecule has 3 heteroatoms. The number of fused-ring (bicyclic) bond motifs is 1. The summed E-state index contributed by atoms with van der Waals surface area (Å²) in [7, 11) is 0. The lowest BCUT2D eigenvalue weighted by atomic mass is 10.2. The van der Waals surface area contributed by atoms with Crippen LogP contribution < -0.4 is 0 Å². The Bertz CT molecular complexity index is 462. The third-order valence-electron chi connectivity index (χ3n) is 1.87. The number of nitriles is 1. The van der Waals surface area contributed by atoms with Crippen molar-refractivity contribution in [3.05, 3.63) is 29.6 Å². The topological polar surface area (TPSA) is 52.5 Å². The van der Waals surface area contributed by atoms with E-state index in [0.29, 0.717) is 5.69 Å². The Morgan fingerprint density at radius 2 is 2.42 bits per heavy atom. The number of rotatable bonds is 0. The lowest BCUT2D eigenvalue weighted by molar-refractivity contribution is 1.28. The number of nitrogens with one attached hydrogen (secondary N) is 1. The average molecular weight is 157 g/mol. The Hall–Kier alpha value is -1.82. The van der Waals surface area contributed by atoms with Crippen molar-refractivity contribution in [1.29, 1.82) is 5.26 Å². The predicted octanol–water partition coefficient (Wildman–Crippen LogP) is 1.74. The summed E-state index contributed by atoms with van der Waals surface area (Å²) in [6.45, 7) is 2.00. The SMILES string of the molecule is Cc1ccnc2[nH]c(C#N)cc12. The lowest BCUT2D eigenvalue weighted by Gasteiger charge is -1.91. The highest BCUT2D eigenvalue weighted by molar-refractivity contribution is 5.80. The molecule has 0 saturated carbocycles. The zero-order valence-electron chi connectivity index (χ0n) is 6.63. The second kappa shape index (κ2) is 2.35. The molecular weight excluding hydrogens is 150 g/mol.